The quantitative estimate of drug-likeness (QED) is 0.0609. The van der Waals surface area contributed by atoms with E-state index < -0.39 is 23.0 Å². The van der Waals surface area contributed by atoms with Crippen LogP contribution < -0.4 is 16.0 Å². The van der Waals surface area contributed by atoms with Gasteiger partial charge in [0.15, 0.2) is 0 Å². The molecule has 0 saturated heterocycles. The van der Waals surface area contributed by atoms with E-state index in [9.17, 15) is 19.2 Å². The first-order valence-corrected chi connectivity index (χ1v) is 20.0. The standard InChI is InChI=1S/C47H37N3O5S2/c1-2-55-47(54)41-39(32-16-6-3-7-17-32)30-56-46(41)50-45(53)42(33-19-8-4-9-20-33)57-37-26-15-25-36(29-37)48-44(52)40(49-43(51)34-21-10-5-11-22-34)28-35-24-14-23-31-18-12-13-27-38(31)35/h3-30,42H,2H2,1H3,(H,48,52)(H,49,51)(H,50,53)/b40-28+. The molecule has 3 N–H and O–H groups in total. The number of hydrogen-bond acceptors (Lipinski definition) is 7. The summed E-state index contributed by atoms with van der Waals surface area (Å²) in [6.45, 7) is 1.93. The van der Waals surface area contributed by atoms with Crippen LogP contribution in [0.25, 0.3) is 28.0 Å². The highest BCUT2D eigenvalue weighted by Crippen LogP contribution is 2.40. The highest BCUT2D eigenvalue weighted by molar-refractivity contribution is 8.00. The molecule has 1 unspecified atom stereocenters. The summed E-state index contributed by atoms with van der Waals surface area (Å²) in [5.41, 5.74) is 4.25. The molecule has 0 bridgehead atoms. The monoisotopic (exact) mass is 787 g/mol. The minimum Gasteiger partial charge on any atom is -0.462 e. The first kappa shape index (κ1) is 38.5. The summed E-state index contributed by atoms with van der Waals surface area (Å²) in [6.07, 6.45) is 1.67. The summed E-state index contributed by atoms with van der Waals surface area (Å²) in [6, 6.07) is 48.3. The van der Waals surface area contributed by atoms with Crippen LogP contribution in [0.5, 0.6) is 0 Å². The van der Waals surface area contributed by atoms with E-state index in [0.29, 0.717) is 32.3 Å². The number of thioether (sulfide) groups is 1. The van der Waals surface area contributed by atoms with Crippen LogP contribution in [0.4, 0.5) is 10.7 Å². The third-order valence-corrected chi connectivity index (χ3v) is 11.1. The van der Waals surface area contributed by atoms with E-state index in [4.69, 9.17) is 4.74 Å². The Morgan fingerprint density at radius 1 is 0.737 bits per heavy atom. The number of anilines is 2. The Labute approximate surface area is 338 Å². The lowest BCUT2D eigenvalue weighted by Gasteiger charge is -2.18. The van der Waals surface area contributed by atoms with Gasteiger partial charge in [-0.3, -0.25) is 14.4 Å². The molecule has 57 heavy (non-hydrogen) atoms. The summed E-state index contributed by atoms with van der Waals surface area (Å²) in [7, 11) is 0. The number of hydrogen-bond donors (Lipinski definition) is 3. The Bertz CT molecular complexity index is 2570. The van der Waals surface area contributed by atoms with Crippen LogP contribution in [0, 0.1) is 0 Å². The summed E-state index contributed by atoms with van der Waals surface area (Å²) < 4.78 is 5.42. The maximum absolute atomic E-state index is 14.2. The molecule has 10 heteroatoms. The van der Waals surface area contributed by atoms with Crippen molar-refractivity contribution in [1.29, 1.82) is 0 Å². The first-order valence-electron chi connectivity index (χ1n) is 18.2. The molecule has 0 radical (unpaired) electrons. The molecular weight excluding hydrogens is 751 g/mol. The molecule has 0 aliphatic carbocycles. The maximum atomic E-state index is 14.2. The smallest absolute Gasteiger partial charge is 0.341 e. The first-order chi connectivity index (χ1) is 27.9. The van der Waals surface area contributed by atoms with Gasteiger partial charge in [-0.2, -0.15) is 0 Å². The van der Waals surface area contributed by atoms with E-state index in [2.05, 4.69) is 16.0 Å². The van der Waals surface area contributed by atoms with Crippen LogP contribution in [0.3, 0.4) is 0 Å². The van der Waals surface area contributed by atoms with Gasteiger partial charge in [-0.1, -0.05) is 127 Å². The number of carbonyl (C=O) groups is 4. The Morgan fingerprint density at radius 2 is 1.40 bits per heavy atom. The summed E-state index contributed by atoms with van der Waals surface area (Å²) >= 11 is 2.56. The zero-order valence-corrected chi connectivity index (χ0v) is 32.4. The second-order valence-corrected chi connectivity index (χ2v) is 14.8. The molecule has 0 saturated carbocycles. The average molecular weight is 788 g/mol. The predicted octanol–water partition coefficient (Wildman–Crippen LogP) is 10.6. The van der Waals surface area contributed by atoms with Crippen molar-refractivity contribution < 1.29 is 23.9 Å². The third-order valence-electron chi connectivity index (χ3n) is 8.93. The second-order valence-electron chi connectivity index (χ2n) is 12.8. The van der Waals surface area contributed by atoms with Crippen LogP contribution in [-0.4, -0.2) is 30.3 Å². The molecule has 1 aromatic heterocycles. The Morgan fingerprint density at radius 3 is 2.16 bits per heavy atom. The van der Waals surface area contributed by atoms with E-state index in [1.165, 1.54) is 23.1 Å². The van der Waals surface area contributed by atoms with Crippen molar-refractivity contribution in [1.82, 2.24) is 5.32 Å². The number of rotatable bonds is 13. The molecule has 6 aromatic carbocycles. The van der Waals surface area contributed by atoms with Gasteiger partial charge in [0, 0.05) is 27.1 Å². The van der Waals surface area contributed by atoms with Gasteiger partial charge in [0.1, 0.15) is 21.5 Å². The van der Waals surface area contributed by atoms with Gasteiger partial charge in [0.2, 0.25) is 5.91 Å². The molecule has 0 aliphatic rings. The van der Waals surface area contributed by atoms with Gasteiger partial charge in [0.05, 0.1) is 6.61 Å². The van der Waals surface area contributed by atoms with E-state index >= 15 is 0 Å². The minimum atomic E-state index is -0.735. The number of esters is 1. The van der Waals surface area contributed by atoms with Gasteiger partial charge in [0.25, 0.3) is 11.8 Å². The van der Waals surface area contributed by atoms with Crippen molar-refractivity contribution in [3.8, 4) is 11.1 Å². The lowest BCUT2D eigenvalue weighted by atomic mass is 10.0. The highest BCUT2D eigenvalue weighted by atomic mass is 32.2. The van der Waals surface area contributed by atoms with Crippen LogP contribution >= 0.6 is 23.1 Å². The van der Waals surface area contributed by atoms with Crippen LogP contribution in [0.15, 0.2) is 174 Å². The van der Waals surface area contributed by atoms with E-state index in [1.807, 2.05) is 121 Å². The van der Waals surface area contributed by atoms with Crippen LogP contribution in [-0.2, 0) is 14.3 Å². The fourth-order valence-corrected chi connectivity index (χ4v) is 8.26. The Hall–Kier alpha value is -6.75. The largest absolute Gasteiger partial charge is 0.462 e. The molecule has 0 aliphatic heterocycles. The fourth-order valence-electron chi connectivity index (χ4n) is 6.22. The molecule has 7 rings (SSSR count). The van der Waals surface area contributed by atoms with Crippen molar-refractivity contribution in [2.45, 2.75) is 17.1 Å². The van der Waals surface area contributed by atoms with E-state index in [-0.39, 0.29) is 18.2 Å². The lowest BCUT2D eigenvalue weighted by Crippen LogP contribution is -2.30. The molecule has 7 aromatic rings. The van der Waals surface area contributed by atoms with Crippen molar-refractivity contribution in [2.24, 2.45) is 0 Å². The topological polar surface area (TPSA) is 114 Å². The van der Waals surface area contributed by atoms with Gasteiger partial charge in [-0.15, -0.1) is 23.1 Å². The number of thiophene rings is 1. The van der Waals surface area contributed by atoms with Crippen LogP contribution in [0.2, 0.25) is 0 Å². The second kappa shape index (κ2) is 18.3. The summed E-state index contributed by atoms with van der Waals surface area (Å²) in [4.78, 5) is 55.6. The summed E-state index contributed by atoms with van der Waals surface area (Å²) in [5.74, 6) is -1.80. The zero-order valence-electron chi connectivity index (χ0n) is 30.8. The fraction of sp³-hybridized carbons (Fsp3) is 0.0638. The van der Waals surface area contributed by atoms with Gasteiger partial charge >= 0.3 is 5.97 Å². The number of fused-ring (bicyclic) bond motifs is 1. The molecule has 1 atom stereocenters. The number of benzene rings is 6. The predicted molar refractivity (Wildman–Crippen MR) is 230 cm³/mol. The molecule has 0 fully saturated rings. The van der Waals surface area contributed by atoms with Gasteiger partial charge < -0.3 is 20.7 Å². The molecular formula is C47H37N3O5S2. The van der Waals surface area contributed by atoms with Crippen molar-refractivity contribution in [3.05, 3.63) is 191 Å². The van der Waals surface area contributed by atoms with E-state index in [0.717, 1.165) is 27.5 Å². The lowest BCUT2D eigenvalue weighted by molar-refractivity contribution is -0.116. The number of ether oxygens (including phenoxy) is 1. The average Bonchev–Trinajstić information content (AvgIpc) is 3.67. The molecule has 3 amide bonds. The SMILES string of the molecule is CCOC(=O)c1c(-c2ccccc2)csc1NC(=O)C(Sc1cccc(NC(=O)/C(=C\c2cccc3ccccc23)NC(=O)c2ccccc2)c1)c1ccccc1. The molecule has 1 heterocycles. The zero-order chi connectivity index (χ0) is 39.6. The van der Waals surface area contributed by atoms with Crippen molar-refractivity contribution in [2.75, 3.05) is 17.2 Å². The van der Waals surface area contributed by atoms with Gasteiger partial charge in [-0.05, 0) is 70.8 Å². The summed E-state index contributed by atoms with van der Waals surface area (Å²) in [5, 5.41) is 12.2. The minimum absolute atomic E-state index is 0.0584. The van der Waals surface area contributed by atoms with Gasteiger partial charge in [-0.25, -0.2) is 4.79 Å². The normalized spacial score (nSPS) is 11.7. The third kappa shape index (κ3) is 9.38. The van der Waals surface area contributed by atoms with Crippen molar-refractivity contribution >= 4 is 74.3 Å². The maximum Gasteiger partial charge on any atom is 0.341 e. The molecule has 8 nitrogen and oxygen atoms in total. The molecule has 0 spiro atoms. The van der Waals surface area contributed by atoms with E-state index in [1.54, 1.807) is 55.5 Å². The Kier molecular flexibility index (Phi) is 12.3. The number of nitrogens with one attached hydrogen (secondary N) is 3. The number of amides is 3. The molecule has 282 valence electrons. The highest BCUT2D eigenvalue weighted by Gasteiger charge is 2.28. The Balaban J connectivity index is 1.16. The number of carbonyl (C=O) groups excluding carboxylic acids is 4. The van der Waals surface area contributed by atoms with Crippen molar-refractivity contribution in [3.63, 3.8) is 0 Å². The van der Waals surface area contributed by atoms with Crippen LogP contribution in [0.1, 0.15) is 44.0 Å².